The molecule has 0 aliphatic carbocycles. The van der Waals surface area contributed by atoms with Crippen molar-refractivity contribution in [3.63, 3.8) is 0 Å². The van der Waals surface area contributed by atoms with Gasteiger partial charge < -0.3 is 5.32 Å². The Kier molecular flexibility index (Phi) is 4.47. The van der Waals surface area contributed by atoms with Crippen LogP contribution in [0.3, 0.4) is 0 Å². The Morgan fingerprint density at radius 3 is 2.70 bits per heavy atom. The van der Waals surface area contributed by atoms with E-state index < -0.39 is 9.84 Å². The lowest BCUT2D eigenvalue weighted by Crippen LogP contribution is -2.16. The van der Waals surface area contributed by atoms with Gasteiger partial charge in [-0.15, -0.1) is 0 Å². The normalized spacial score (nSPS) is 11.8. The summed E-state index contributed by atoms with van der Waals surface area (Å²) in [6.07, 6.45) is 2.93. The second-order valence-corrected chi connectivity index (χ2v) is 7.00. The second kappa shape index (κ2) is 5.95. The Morgan fingerprint density at radius 2 is 2.10 bits per heavy atom. The molecule has 0 spiro atoms. The molecule has 0 saturated carbocycles. The molecule has 2 aromatic rings. The van der Waals surface area contributed by atoms with E-state index in [1.807, 2.05) is 6.92 Å². The second-order valence-electron chi connectivity index (χ2n) is 4.61. The molecule has 0 unspecified atom stereocenters. The average molecular weight is 314 g/mol. The minimum Gasteiger partial charge on any atom is -0.308 e. The minimum absolute atomic E-state index is 0.265. The summed E-state index contributed by atoms with van der Waals surface area (Å²) < 4.78 is 23.5. The van der Waals surface area contributed by atoms with Gasteiger partial charge in [-0.05, 0) is 19.1 Å². The van der Waals surface area contributed by atoms with E-state index in [0.29, 0.717) is 23.7 Å². The number of benzene rings is 1. The summed E-state index contributed by atoms with van der Waals surface area (Å²) in [6, 6.07) is 4.90. The number of aryl methyl sites for hydroxylation is 1. The number of halogens is 1. The Bertz CT molecular complexity index is 710. The van der Waals surface area contributed by atoms with Gasteiger partial charge in [0, 0.05) is 41.2 Å². The molecule has 1 heterocycles. The molecule has 5 nitrogen and oxygen atoms in total. The van der Waals surface area contributed by atoms with Gasteiger partial charge in [-0.25, -0.2) is 8.42 Å². The third-order valence-electron chi connectivity index (χ3n) is 3.03. The Labute approximate surface area is 123 Å². The molecule has 1 aromatic heterocycles. The molecule has 108 valence electrons. The predicted molar refractivity (Wildman–Crippen MR) is 78.4 cm³/mol. The van der Waals surface area contributed by atoms with Gasteiger partial charge in [0.25, 0.3) is 0 Å². The maximum Gasteiger partial charge on any atom is 0.175 e. The topological polar surface area (TPSA) is 74.8 Å². The first-order valence-corrected chi connectivity index (χ1v) is 8.33. The molecule has 1 aromatic carbocycles. The molecular formula is C13H16ClN3O2S. The lowest BCUT2D eigenvalue weighted by atomic mass is 10.2. The van der Waals surface area contributed by atoms with E-state index in [1.165, 1.54) is 6.26 Å². The number of hydrogen-bond donors (Lipinski definition) is 2. The van der Waals surface area contributed by atoms with Gasteiger partial charge in [0.2, 0.25) is 0 Å². The number of sulfone groups is 1. The Morgan fingerprint density at radius 1 is 1.35 bits per heavy atom. The van der Waals surface area contributed by atoms with Crippen molar-refractivity contribution in [3.8, 4) is 0 Å². The molecule has 0 aliphatic rings. The first-order valence-electron chi connectivity index (χ1n) is 6.06. The first-order chi connectivity index (χ1) is 9.39. The number of nitrogens with one attached hydrogen (secondary N) is 2. The van der Waals surface area contributed by atoms with Gasteiger partial charge in [0.05, 0.1) is 11.1 Å². The maximum atomic E-state index is 11.8. The fourth-order valence-electron chi connectivity index (χ4n) is 1.93. The highest BCUT2D eigenvalue weighted by atomic mass is 35.5. The average Bonchev–Trinajstić information content (AvgIpc) is 2.76. The highest BCUT2D eigenvalue weighted by Crippen LogP contribution is 2.23. The van der Waals surface area contributed by atoms with E-state index in [4.69, 9.17) is 11.6 Å². The van der Waals surface area contributed by atoms with Crippen LogP contribution in [0, 0.1) is 6.92 Å². The summed E-state index contributed by atoms with van der Waals surface area (Å²) in [7, 11) is -3.29. The van der Waals surface area contributed by atoms with Crippen LogP contribution in [0.5, 0.6) is 0 Å². The fourth-order valence-corrected chi connectivity index (χ4v) is 3.19. The van der Waals surface area contributed by atoms with Crippen molar-refractivity contribution < 1.29 is 8.42 Å². The van der Waals surface area contributed by atoms with Crippen LogP contribution in [0.1, 0.15) is 16.8 Å². The van der Waals surface area contributed by atoms with Crippen molar-refractivity contribution in [2.45, 2.75) is 24.9 Å². The molecule has 0 radical (unpaired) electrons. The standard InChI is InChI=1S/C13H16ClN3O2S/c1-9-10(7-16-17-9)6-15-8-11-12(14)4-3-5-13(11)20(2,18)19/h3-5,7,15H,6,8H2,1-2H3,(H,16,17). The van der Waals surface area contributed by atoms with E-state index in [-0.39, 0.29) is 4.90 Å². The van der Waals surface area contributed by atoms with Gasteiger partial charge in [-0.3, -0.25) is 5.10 Å². The summed E-state index contributed by atoms with van der Waals surface area (Å²) in [5.74, 6) is 0. The van der Waals surface area contributed by atoms with Crippen molar-refractivity contribution in [3.05, 3.63) is 46.2 Å². The molecule has 0 aliphatic heterocycles. The molecule has 0 bridgehead atoms. The summed E-state index contributed by atoms with van der Waals surface area (Å²) >= 11 is 6.10. The maximum absolute atomic E-state index is 11.8. The number of aromatic amines is 1. The van der Waals surface area contributed by atoms with Crippen LogP contribution in [-0.2, 0) is 22.9 Å². The van der Waals surface area contributed by atoms with E-state index in [2.05, 4.69) is 15.5 Å². The first kappa shape index (κ1) is 15.0. The third-order valence-corrected chi connectivity index (χ3v) is 4.56. The van der Waals surface area contributed by atoms with Crippen LogP contribution < -0.4 is 5.32 Å². The molecule has 7 heteroatoms. The largest absolute Gasteiger partial charge is 0.308 e. The van der Waals surface area contributed by atoms with Crippen molar-refractivity contribution in [1.29, 1.82) is 0 Å². The molecule has 0 atom stereocenters. The molecule has 20 heavy (non-hydrogen) atoms. The molecular weight excluding hydrogens is 298 g/mol. The number of aromatic nitrogens is 2. The highest BCUT2D eigenvalue weighted by Gasteiger charge is 2.15. The highest BCUT2D eigenvalue weighted by molar-refractivity contribution is 7.90. The molecule has 2 rings (SSSR count). The van der Waals surface area contributed by atoms with E-state index in [0.717, 1.165) is 11.3 Å². The van der Waals surface area contributed by atoms with Crippen molar-refractivity contribution in [1.82, 2.24) is 15.5 Å². The quantitative estimate of drug-likeness (QED) is 0.886. The summed E-state index contributed by atoms with van der Waals surface area (Å²) in [5.41, 5.74) is 2.62. The summed E-state index contributed by atoms with van der Waals surface area (Å²) in [5, 5.41) is 10.4. The molecule has 0 saturated heterocycles. The summed E-state index contributed by atoms with van der Waals surface area (Å²) in [4.78, 5) is 0.265. The van der Waals surface area contributed by atoms with Crippen molar-refractivity contribution in [2.75, 3.05) is 6.26 Å². The van der Waals surface area contributed by atoms with Gasteiger partial charge in [0.1, 0.15) is 0 Å². The van der Waals surface area contributed by atoms with E-state index in [1.54, 1.807) is 24.4 Å². The zero-order valence-electron chi connectivity index (χ0n) is 11.3. The van der Waals surface area contributed by atoms with Crippen LogP contribution in [0.4, 0.5) is 0 Å². The molecule has 2 N–H and O–H groups in total. The van der Waals surface area contributed by atoms with E-state index in [9.17, 15) is 8.42 Å². The molecule has 0 amide bonds. The van der Waals surface area contributed by atoms with Crippen molar-refractivity contribution >= 4 is 21.4 Å². The zero-order chi connectivity index (χ0) is 14.8. The Balaban J connectivity index is 2.16. The summed E-state index contributed by atoms with van der Waals surface area (Å²) in [6.45, 7) is 2.91. The SMILES string of the molecule is Cc1[nH]ncc1CNCc1c(Cl)cccc1S(C)(=O)=O. The van der Waals surface area contributed by atoms with Crippen LogP contribution in [0.15, 0.2) is 29.3 Å². The predicted octanol–water partition coefficient (Wildman–Crippen LogP) is 2.06. The van der Waals surface area contributed by atoms with Gasteiger partial charge >= 0.3 is 0 Å². The fraction of sp³-hybridized carbons (Fsp3) is 0.308. The monoisotopic (exact) mass is 313 g/mol. The van der Waals surface area contributed by atoms with Crippen LogP contribution in [-0.4, -0.2) is 24.9 Å². The minimum atomic E-state index is -3.29. The molecule has 0 fully saturated rings. The lowest BCUT2D eigenvalue weighted by Gasteiger charge is -2.11. The van der Waals surface area contributed by atoms with Gasteiger partial charge in [0.15, 0.2) is 9.84 Å². The zero-order valence-corrected chi connectivity index (χ0v) is 12.8. The van der Waals surface area contributed by atoms with Crippen LogP contribution in [0.2, 0.25) is 5.02 Å². The van der Waals surface area contributed by atoms with Crippen LogP contribution >= 0.6 is 11.6 Å². The Hall–Kier alpha value is -1.37. The number of rotatable bonds is 5. The van der Waals surface area contributed by atoms with E-state index >= 15 is 0 Å². The number of H-pyrrole nitrogens is 1. The number of hydrogen-bond acceptors (Lipinski definition) is 4. The third kappa shape index (κ3) is 3.39. The lowest BCUT2D eigenvalue weighted by molar-refractivity contribution is 0.598. The number of nitrogens with zero attached hydrogens (tertiary/aromatic N) is 1. The van der Waals surface area contributed by atoms with Gasteiger partial charge in [-0.2, -0.15) is 5.10 Å². The van der Waals surface area contributed by atoms with Gasteiger partial charge in [-0.1, -0.05) is 17.7 Å². The smallest absolute Gasteiger partial charge is 0.175 e. The van der Waals surface area contributed by atoms with Crippen LogP contribution in [0.25, 0.3) is 0 Å². The van der Waals surface area contributed by atoms with Crippen molar-refractivity contribution in [2.24, 2.45) is 0 Å².